The maximum Gasteiger partial charge on any atom is 0.323 e. The summed E-state index contributed by atoms with van der Waals surface area (Å²) in [6, 6.07) is 1.73. The molecular formula is C15H22N2O4. The standard InChI is InChI=1S/C15H22N2O4/c1-15(14(18)19)7-4-5-9-17(15)10-11-13(21-3)12(20-2)6-8-16-11/h6,8H,4-5,7,9-10H2,1-3H3,(H,18,19). The van der Waals surface area contributed by atoms with Crippen LogP contribution in [0.3, 0.4) is 0 Å². The topological polar surface area (TPSA) is 71.9 Å². The highest BCUT2D eigenvalue weighted by atomic mass is 16.5. The molecule has 2 heterocycles. The first-order valence-electron chi connectivity index (χ1n) is 7.07. The van der Waals surface area contributed by atoms with Gasteiger partial charge in [-0.3, -0.25) is 14.7 Å². The summed E-state index contributed by atoms with van der Waals surface area (Å²) in [5, 5.41) is 9.56. The van der Waals surface area contributed by atoms with Gasteiger partial charge in [-0.25, -0.2) is 0 Å². The zero-order valence-corrected chi connectivity index (χ0v) is 12.8. The number of hydrogen-bond donors (Lipinski definition) is 1. The Kier molecular flexibility index (Phi) is 4.67. The minimum absolute atomic E-state index is 0.434. The maximum absolute atomic E-state index is 11.6. The van der Waals surface area contributed by atoms with E-state index in [-0.39, 0.29) is 0 Å². The number of pyridine rings is 1. The van der Waals surface area contributed by atoms with Gasteiger partial charge in [0, 0.05) is 18.8 Å². The first kappa shape index (κ1) is 15.6. The summed E-state index contributed by atoms with van der Waals surface area (Å²) in [4.78, 5) is 17.9. The predicted molar refractivity (Wildman–Crippen MR) is 77.6 cm³/mol. The van der Waals surface area contributed by atoms with E-state index in [1.54, 1.807) is 33.4 Å². The largest absolute Gasteiger partial charge is 0.493 e. The number of carboxylic acid groups (broad SMARTS) is 1. The molecule has 0 bridgehead atoms. The zero-order valence-electron chi connectivity index (χ0n) is 12.8. The normalized spacial score (nSPS) is 22.8. The Labute approximate surface area is 124 Å². The van der Waals surface area contributed by atoms with Crippen molar-refractivity contribution in [2.24, 2.45) is 0 Å². The highest BCUT2D eigenvalue weighted by Gasteiger charge is 2.41. The van der Waals surface area contributed by atoms with E-state index in [2.05, 4.69) is 4.98 Å². The fourth-order valence-electron chi connectivity index (χ4n) is 2.82. The van der Waals surface area contributed by atoms with Crippen LogP contribution >= 0.6 is 0 Å². The number of carbonyl (C=O) groups is 1. The van der Waals surface area contributed by atoms with Gasteiger partial charge in [-0.1, -0.05) is 0 Å². The third-order valence-corrected chi connectivity index (χ3v) is 4.21. The van der Waals surface area contributed by atoms with Gasteiger partial charge in [0.25, 0.3) is 0 Å². The van der Waals surface area contributed by atoms with Gasteiger partial charge >= 0.3 is 5.97 Å². The second-order valence-electron chi connectivity index (χ2n) is 5.45. The second-order valence-corrected chi connectivity index (χ2v) is 5.45. The van der Waals surface area contributed by atoms with Gasteiger partial charge in [-0.05, 0) is 32.7 Å². The number of aromatic nitrogens is 1. The van der Waals surface area contributed by atoms with Crippen molar-refractivity contribution in [2.45, 2.75) is 38.3 Å². The fraction of sp³-hybridized carbons (Fsp3) is 0.600. The third-order valence-electron chi connectivity index (χ3n) is 4.21. The molecule has 1 fully saturated rings. The van der Waals surface area contributed by atoms with Crippen molar-refractivity contribution in [3.8, 4) is 11.5 Å². The lowest BCUT2D eigenvalue weighted by Crippen LogP contribution is -2.54. The molecule has 116 valence electrons. The molecule has 0 radical (unpaired) electrons. The number of hydrogen-bond acceptors (Lipinski definition) is 5. The van der Waals surface area contributed by atoms with Crippen LogP contribution in [0.5, 0.6) is 11.5 Å². The van der Waals surface area contributed by atoms with Crippen molar-refractivity contribution in [1.29, 1.82) is 0 Å². The Morgan fingerprint density at radius 3 is 2.81 bits per heavy atom. The summed E-state index contributed by atoms with van der Waals surface area (Å²) in [6.07, 6.45) is 4.23. The Bertz CT molecular complexity index is 520. The highest BCUT2D eigenvalue weighted by molar-refractivity contribution is 5.78. The lowest BCUT2D eigenvalue weighted by atomic mass is 9.88. The third kappa shape index (κ3) is 2.95. The molecule has 0 aliphatic carbocycles. The molecule has 1 aromatic heterocycles. The van der Waals surface area contributed by atoms with Crippen LogP contribution in [0.2, 0.25) is 0 Å². The maximum atomic E-state index is 11.6. The number of aliphatic carboxylic acids is 1. The SMILES string of the molecule is COc1ccnc(CN2CCCCC2(C)C(=O)O)c1OC. The van der Waals surface area contributed by atoms with Crippen LogP contribution in [0, 0.1) is 0 Å². The first-order valence-corrected chi connectivity index (χ1v) is 7.07. The van der Waals surface area contributed by atoms with E-state index in [9.17, 15) is 9.90 Å². The van der Waals surface area contributed by atoms with E-state index in [0.29, 0.717) is 30.2 Å². The van der Waals surface area contributed by atoms with Crippen LogP contribution in [0.1, 0.15) is 31.9 Å². The van der Waals surface area contributed by atoms with E-state index in [1.807, 2.05) is 4.90 Å². The highest BCUT2D eigenvalue weighted by Crippen LogP contribution is 2.34. The van der Waals surface area contributed by atoms with Crippen molar-refractivity contribution in [3.63, 3.8) is 0 Å². The van der Waals surface area contributed by atoms with Gasteiger partial charge < -0.3 is 14.6 Å². The fourth-order valence-corrected chi connectivity index (χ4v) is 2.82. The monoisotopic (exact) mass is 294 g/mol. The molecule has 1 saturated heterocycles. The van der Waals surface area contributed by atoms with Gasteiger partial charge in [0.05, 0.1) is 14.2 Å². The quantitative estimate of drug-likeness (QED) is 0.894. The number of rotatable bonds is 5. The van der Waals surface area contributed by atoms with E-state index in [1.165, 1.54) is 0 Å². The molecule has 21 heavy (non-hydrogen) atoms. The average Bonchev–Trinajstić information content (AvgIpc) is 2.49. The molecule has 0 aromatic carbocycles. The second kappa shape index (κ2) is 6.30. The molecule has 2 rings (SSSR count). The molecule has 6 heteroatoms. The molecule has 1 aliphatic rings. The molecule has 1 aliphatic heterocycles. The van der Waals surface area contributed by atoms with Crippen LogP contribution in [-0.2, 0) is 11.3 Å². The van der Waals surface area contributed by atoms with Crippen LogP contribution in [0.15, 0.2) is 12.3 Å². The Hall–Kier alpha value is -1.82. The zero-order chi connectivity index (χ0) is 15.5. The van der Waals surface area contributed by atoms with Gasteiger partial charge in [0.15, 0.2) is 11.5 Å². The predicted octanol–water partition coefficient (Wildman–Crippen LogP) is 1.93. The van der Waals surface area contributed by atoms with Crippen molar-refractivity contribution >= 4 is 5.97 Å². The lowest BCUT2D eigenvalue weighted by molar-refractivity contribution is -0.153. The van der Waals surface area contributed by atoms with E-state index in [4.69, 9.17) is 9.47 Å². The summed E-state index contributed by atoms with van der Waals surface area (Å²) >= 11 is 0. The van der Waals surface area contributed by atoms with Crippen molar-refractivity contribution in [2.75, 3.05) is 20.8 Å². The summed E-state index contributed by atoms with van der Waals surface area (Å²) in [5.74, 6) is 0.388. The van der Waals surface area contributed by atoms with Gasteiger partial charge in [0.1, 0.15) is 11.2 Å². The molecule has 0 saturated carbocycles. The summed E-state index contributed by atoms with van der Waals surface area (Å²) in [7, 11) is 3.14. The van der Waals surface area contributed by atoms with E-state index in [0.717, 1.165) is 19.4 Å². The molecule has 1 atom stereocenters. The van der Waals surface area contributed by atoms with Crippen LogP contribution < -0.4 is 9.47 Å². The molecule has 1 N–H and O–H groups in total. The number of piperidine rings is 1. The van der Waals surface area contributed by atoms with Crippen LogP contribution in [0.25, 0.3) is 0 Å². The van der Waals surface area contributed by atoms with E-state index >= 15 is 0 Å². The Morgan fingerprint density at radius 1 is 1.43 bits per heavy atom. The average molecular weight is 294 g/mol. The number of methoxy groups -OCH3 is 2. The first-order chi connectivity index (χ1) is 10.0. The minimum Gasteiger partial charge on any atom is -0.493 e. The minimum atomic E-state index is -0.853. The van der Waals surface area contributed by atoms with Crippen molar-refractivity contribution in [1.82, 2.24) is 9.88 Å². The summed E-state index contributed by atoms with van der Waals surface area (Å²) < 4.78 is 10.6. The summed E-state index contributed by atoms with van der Waals surface area (Å²) in [6.45, 7) is 2.95. The van der Waals surface area contributed by atoms with Gasteiger partial charge in [-0.2, -0.15) is 0 Å². The Balaban J connectivity index is 2.30. The lowest BCUT2D eigenvalue weighted by Gasteiger charge is -2.41. The molecule has 6 nitrogen and oxygen atoms in total. The molecule has 1 unspecified atom stereocenters. The van der Waals surface area contributed by atoms with E-state index < -0.39 is 11.5 Å². The summed E-state index contributed by atoms with van der Waals surface area (Å²) in [5.41, 5.74) is -0.153. The van der Waals surface area contributed by atoms with Crippen LogP contribution in [-0.4, -0.2) is 47.3 Å². The van der Waals surface area contributed by atoms with Crippen molar-refractivity contribution < 1.29 is 19.4 Å². The number of carboxylic acids is 1. The van der Waals surface area contributed by atoms with Crippen LogP contribution in [0.4, 0.5) is 0 Å². The van der Waals surface area contributed by atoms with Crippen molar-refractivity contribution in [3.05, 3.63) is 18.0 Å². The van der Waals surface area contributed by atoms with Gasteiger partial charge in [-0.15, -0.1) is 0 Å². The Morgan fingerprint density at radius 2 is 2.19 bits per heavy atom. The number of ether oxygens (including phenoxy) is 2. The number of nitrogens with zero attached hydrogens (tertiary/aromatic N) is 2. The molecule has 0 spiro atoms. The molecular weight excluding hydrogens is 272 g/mol. The smallest absolute Gasteiger partial charge is 0.323 e. The number of likely N-dealkylation sites (tertiary alicyclic amines) is 1. The molecule has 1 aromatic rings. The van der Waals surface area contributed by atoms with Gasteiger partial charge in [0.2, 0.25) is 0 Å². The molecule has 0 amide bonds.